The van der Waals surface area contributed by atoms with Crippen molar-refractivity contribution >= 4 is 39.2 Å². The van der Waals surface area contributed by atoms with E-state index in [2.05, 4.69) is 14.2 Å². The molecule has 1 rings (SSSR count). The Bertz CT molecular complexity index is 810. The molecular weight excluding hydrogens is 415 g/mol. The molecule has 1 amide bonds. The highest BCUT2D eigenvalue weighted by atomic mass is 32.2. The molecule has 0 saturated heterocycles. The van der Waals surface area contributed by atoms with Gasteiger partial charge in [-0.15, -0.1) is 11.3 Å². The van der Waals surface area contributed by atoms with Crippen LogP contribution in [-0.4, -0.2) is 45.6 Å². The van der Waals surface area contributed by atoms with Crippen LogP contribution >= 0.6 is 11.3 Å². The quantitative estimate of drug-likeness (QED) is 0.560. The lowest BCUT2D eigenvalue weighted by Gasteiger charge is -2.19. The zero-order valence-corrected chi connectivity index (χ0v) is 16.6. The molecule has 0 saturated carbocycles. The summed E-state index contributed by atoms with van der Waals surface area (Å²) in [7, 11) is -3.48. The molecule has 0 aliphatic heterocycles. The summed E-state index contributed by atoms with van der Waals surface area (Å²) in [6.45, 7) is 4.69. The van der Waals surface area contributed by atoms with Gasteiger partial charge in [-0.1, -0.05) is 0 Å². The number of alkyl halides is 3. The van der Waals surface area contributed by atoms with Crippen molar-refractivity contribution in [2.75, 3.05) is 18.7 Å². The molecule has 154 valence electrons. The van der Waals surface area contributed by atoms with E-state index < -0.39 is 44.9 Å². The van der Waals surface area contributed by atoms with Gasteiger partial charge in [-0.05, 0) is 26.8 Å². The number of halogens is 3. The lowest BCUT2D eigenvalue weighted by molar-refractivity contribution is -0.195. The van der Waals surface area contributed by atoms with Gasteiger partial charge in [0.2, 0.25) is 6.10 Å². The second-order valence-electron chi connectivity index (χ2n) is 6.23. The monoisotopic (exact) mass is 433 g/mol. The van der Waals surface area contributed by atoms with Gasteiger partial charge in [0.05, 0.1) is 19.1 Å². The summed E-state index contributed by atoms with van der Waals surface area (Å²) in [5, 5.41) is 2.15. The maximum Gasteiger partial charge on any atom is 0.421 e. The molecule has 0 bridgehead atoms. The Morgan fingerprint density at radius 3 is 2.19 bits per heavy atom. The van der Waals surface area contributed by atoms with Gasteiger partial charge >= 0.3 is 18.2 Å². The summed E-state index contributed by atoms with van der Waals surface area (Å²) in [5.74, 6) is -1.03. The second kappa shape index (κ2) is 8.02. The number of ether oxygens (including phenoxy) is 2. The van der Waals surface area contributed by atoms with Gasteiger partial charge in [-0.25, -0.2) is 9.59 Å². The van der Waals surface area contributed by atoms with E-state index in [1.54, 1.807) is 20.8 Å². The number of rotatable bonds is 5. The third kappa shape index (κ3) is 7.34. The summed E-state index contributed by atoms with van der Waals surface area (Å²) in [6, 6.07) is 0.782. The molecule has 0 radical (unpaired) electrons. The number of amides is 1. The summed E-state index contributed by atoms with van der Waals surface area (Å²) < 4.78 is 75.6. The van der Waals surface area contributed by atoms with Crippen molar-refractivity contribution < 1.29 is 44.8 Å². The minimum absolute atomic E-state index is 0.274. The Hall–Kier alpha value is -1.86. The van der Waals surface area contributed by atoms with Crippen molar-refractivity contribution in [1.29, 1.82) is 0 Å². The van der Waals surface area contributed by atoms with Crippen LogP contribution in [0.3, 0.4) is 0 Å². The zero-order valence-electron chi connectivity index (χ0n) is 15.0. The van der Waals surface area contributed by atoms with Crippen molar-refractivity contribution in [3.63, 3.8) is 0 Å². The van der Waals surface area contributed by atoms with Crippen LogP contribution in [0.5, 0.6) is 0 Å². The Morgan fingerprint density at radius 1 is 1.22 bits per heavy atom. The smallest absolute Gasteiger partial charge is 0.421 e. The number of nitrogens with one attached hydrogen (secondary N) is 1. The first-order chi connectivity index (χ1) is 12.0. The highest BCUT2D eigenvalue weighted by molar-refractivity contribution is 7.86. The van der Waals surface area contributed by atoms with Crippen LogP contribution in [0.25, 0.3) is 0 Å². The molecular formula is C14H18F3NO7S2. The summed E-state index contributed by atoms with van der Waals surface area (Å²) in [4.78, 5) is 22.6. The highest BCUT2D eigenvalue weighted by Crippen LogP contribution is 2.42. The minimum Gasteiger partial charge on any atom is -0.465 e. The molecule has 1 atom stereocenters. The van der Waals surface area contributed by atoms with E-state index in [1.165, 1.54) is 0 Å². The Kier molecular flexibility index (Phi) is 6.89. The second-order valence-corrected chi connectivity index (χ2v) is 8.92. The molecule has 0 aliphatic rings. The Labute approximate surface area is 157 Å². The van der Waals surface area contributed by atoms with E-state index in [1.807, 2.05) is 0 Å². The van der Waals surface area contributed by atoms with Crippen LogP contribution in [0, 0.1) is 0 Å². The van der Waals surface area contributed by atoms with Crippen LogP contribution in [0.1, 0.15) is 41.4 Å². The lowest BCUT2D eigenvalue weighted by atomic mass is 10.2. The minimum atomic E-state index is -5.09. The van der Waals surface area contributed by atoms with E-state index in [0.717, 1.165) is 13.2 Å². The van der Waals surface area contributed by atoms with Gasteiger partial charge < -0.3 is 9.47 Å². The number of carbonyl (C=O) groups is 2. The van der Waals surface area contributed by atoms with Crippen molar-refractivity contribution in [2.24, 2.45) is 0 Å². The van der Waals surface area contributed by atoms with Gasteiger partial charge in [-0.2, -0.15) is 21.6 Å². The molecule has 1 N–H and O–H groups in total. The van der Waals surface area contributed by atoms with Gasteiger partial charge in [-0.3, -0.25) is 9.50 Å². The van der Waals surface area contributed by atoms with Crippen molar-refractivity contribution in [2.45, 2.75) is 38.7 Å². The Balaban J connectivity index is 3.35. The van der Waals surface area contributed by atoms with Crippen molar-refractivity contribution in [3.05, 3.63) is 15.8 Å². The topological polar surface area (TPSA) is 108 Å². The standard InChI is InChI=1S/C14H18F3NO7S2/c1-13(2,3)24-12(20)18-7-6-8(26-9(7)11(19)23-4)10(14(15,16)17)25-27(5,21)22/h6,10H,1-5H3,(H,18,20). The van der Waals surface area contributed by atoms with Crippen molar-refractivity contribution in [3.8, 4) is 0 Å². The van der Waals surface area contributed by atoms with Crippen LogP contribution < -0.4 is 5.32 Å². The fourth-order valence-electron chi connectivity index (χ4n) is 1.73. The Morgan fingerprint density at radius 2 is 1.78 bits per heavy atom. The maximum absolute atomic E-state index is 13.2. The first-order valence-corrected chi connectivity index (χ1v) is 9.84. The number of methoxy groups -OCH3 is 1. The number of carbonyl (C=O) groups excluding carboxylic acids is 2. The number of hydrogen-bond donors (Lipinski definition) is 1. The molecule has 0 aromatic carbocycles. The molecule has 1 heterocycles. The van der Waals surface area contributed by atoms with Gasteiger partial charge in [0.25, 0.3) is 10.1 Å². The molecule has 13 heteroatoms. The SMILES string of the molecule is COC(=O)c1sc(C(OS(C)(=O)=O)C(F)(F)F)cc1NC(=O)OC(C)(C)C. The van der Waals surface area contributed by atoms with Crippen molar-refractivity contribution in [1.82, 2.24) is 0 Å². The number of hydrogen-bond acceptors (Lipinski definition) is 8. The predicted octanol–water partition coefficient (Wildman–Crippen LogP) is 3.46. The fraction of sp³-hybridized carbons (Fsp3) is 0.571. The summed E-state index contributed by atoms with van der Waals surface area (Å²) in [6.07, 6.45) is -8.51. The summed E-state index contributed by atoms with van der Waals surface area (Å²) in [5.41, 5.74) is -1.23. The molecule has 8 nitrogen and oxygen atoms in total. The normalized spacial score (nSPS) is 13.8. The highest BCUT2D eigenvalue weighted by Gasteiger charge is 2.46. The molecule has 0 spiro atoms. The van der Waals surface area contributed by atoms with Gasteiger partial charge in [0.15, 0.2) is 0 Å². The molecule has 0 fully saturated rings. The largest absolute Gasteiger partial charge is 0.465 e. The average molecular weight is 433 g/mol. The van der Waals surface area contributed by atoms with Gasteiger partial charge in [0, 0.05) is 4.88 Å². The van der Waals surface area contributed by atoms with E-state index in [9.17, 15) is 31.2 Å². The molecule has 1 unspecified atom stereocenters. The van der Waals surface area contributed by atoms with E-state index in [0.29, 0.717) is 6.26 Å². The van der Waals surface area contributed by atoms with Crippen LogP contribution in [0.15, 0.2) is 6.07 Å². The maximum atomic E-state index is 13.2. The lowest BCUT2D eigenvalue weighted by Crippen LogP contribution is -2.27. The number of esters is 1. The van der Waals surface area contributed by atoms with E-state index >= 15 is 0 Å². The average Bonchev–Trinajstić information content (AvgIpc) is 2.83. The first kappa shape index (κ1) is 23.2. The van der Waals surface area contributed by atoms with Crippen LogP contribution in [0.2, 0.25) is 0 Å². The predicted molar refractivity (Wildman–Crippen MR) is 90.2 cm³/mol. The summed E-state index contributed by atoms with van der Waals surface area (Å²) >= 11 is 0.274. The first-order valence-electron chi connectivity index (χ1n) is 7.20. The van der Waals surface area contributed by atoms with E-state index in [-0.39, 0.29) is 21.9 Å². The van der Waals surface area contributed by atoms with E-state index in [4.69, 9.17) is 4.74 Å². The fourth-order valence-corrected chi connectivity index (χ4v) is 3.44. The van der Waals surface area contributed by atoms with Gasteiger partial charge in [0.1, 0.15) is 10.5 Å². The third-order valence-electron chi connectivity index (χ3n) is 2.58. The molecule has 27 heavy (non-hydrogen) atoms. The van der Waals surface area contributed by atoms with Crippen LogP contribution in [-0.2, 0) is 23.8 Å². The number of anilines is 1. The molecule has 1 aromatic heterocycles. The van der Waals surface area contributed by atoms with Crippen LogP contribution in [0.4, 0.5) is 23.7 Å². The molecule has 1 aromatic rings. The molecule has 0 aliphatic carbocycles. The number of thiophene rings is 1. The third-order valence-corrected chi connectivity index (χ3v) is 4.28. The zero-order chi connectivity index (χ0) is 21.2.